The van der Waals surface area contributed by atoms with E-state index in [9.17, 15) is 9.13 Å². The first-order valence-electron chi connectivity index (χ1n) is 21.8. The van der Waals surface area contributed by atoms with Gasteiger partial charge in [-0.05, 0) is 94.0 Å². The highest BCUT2D eigenvalue weighted by Crippen LogP contribution is 2.67. The highest BCUT2D eigenvalue weighted by molar-refractivity contribution is 7.59. The van der Waals surface area contributed by atoms with Crippen molar-refractivity contribution in [2.45, 2.75) is 38.0 Å². The second-order valence-corrected chi connectivity index (χ2v) is 22.1. The van der Waals surface area contributed by atoms with Crippen LogP contribution in [0, 0.1) is 0 Å². The Bertz CT molecular complexity index is 2860. The molecule has 6 atom stereocenters. The van der Waals surface area contributed by atoms with Crippen LogP contribution in [0.5, 0.6) is 23.0 Å². The summed E-state index contributed by atoms with van der Waals surface area (Å²) in [5, 5.41) is 4.35. The van der Waals surface area contributed by atoms with Gasteiger partial charge in [-0.1, -0.05) is 146 Å². The van der Waals surface area contributed by atoms with Crippen LogP contribution in [-0.2, 0) is 9.13 Å². The van der Waals surface area contributed by atoms with Crippen LogP contribution in [0.2, 0.25) is 0 Å². The molecule has 0 spiro atoms. The molecule has 0 N–H and O–H groups in total. The molecule has 0 fully saturated rings. The van der Waals surface area contributed by atoms with Crippen LogP contribution in [0.25, 0.3) is 21.5 Å². The molecule has 0 radical (unpaired) electrons. The summed E-state index contributed by atoms with van der Waals surface area (Å²) >= 11 is 12.8. The van der Waals surface area contributed by atoms with Crippen molar-refractivity contribution < 1.29 is 27.7 Å². The van der Waals surface area contributed by atoms with Crippen molar-refractivity contribution in [2.75, 3.05) is 25.5 Å². The van der Waals surface area contributed by atoms with Crippen molar-refractivity contribution >= 4 is 59.8 Å². The number of hydrogen-bond acceptors (Lipinski definition) is 6. The van der Waals surface area contributed by atoms with Gasteiger partial charge in [0, 0.05) is 23.2 Å². The molecule has 10 rings (SSSR count). The zero-order valence-corrected chi connectivity index (χ0v) is 40.3. The number of fused-ring (bicyclic) bond motifs is 6. The quantitative estimate of drug-likeness (QED) is 0.0991. The number of alkyl halides is 2. The van der Waals surface area contributed by atoms with E-state index in [2.05, 4.69) is 38.1 Å². The average molecular weight is 956 g/mol. The molecule has 12 heteroatoms. The van der Waals surface area contributed by atoms with E-state index >= 15 is 0 Å². The van der Waals surface area contributed by atoms with E-state index in [0.29, 0.717) is 11.5 Å². The molecule has 0 saturated carbocycles. The predicted octanol–water partition coefficient (Wildman–Crippen LogP) is 15.6. The largest absolute Gasteiger partial charge is 0.497 e. The predicted molar refractivity (Wildman–Crippen MR) is 269 cm³/mol. The fraction of sp³-hybridized carbons (Fsp3) is 0.185. The van der Waals surface area contributed by atoms with E-state index < -0.39 is 15.0 Å². The van der Waals surface area contributed by atoms with Crippen LogP contribution in [0.1, 0.15) is 71.4 Å². The molecule has 336 valence electrons. The van der Waals surface area contributed by atoms with E-state index in [4.69, 9.17) is 41.7 Å². The van der Waals surface area contributed by atoms with Gasteiger partial charge in [-0.3, -0.25) is 9.13 Å². The molecule has 2 aliphatic heterocycles. The molecular formula is C54H50Cl2N2O6P2. The Hall–Kier alpha value is -5.56. The van der Waals surface area contributed by atoms with Crippen LogP contribution in [0.15, 0.2) is 182 Å². The van der Waals surface area contributed by atoms with Crippen molar-refractivity contribution in [3.63, 3.8) is 0 Å². The Balaban J connectivity index is 0.000000166. The van der Waals surface area contributed by atoms with Gasteiger partial charge < -0.3 is 18.5 Å². The second kappa shape index (κ2) is 19.3. The maximum Gasteiger partial charge on any atom is 0.335 e. The number of hydrogen-bond donors (Lipinski definition) is 0. The van der Waals surface area contributed by atoms with E-state index in [1.807, 2.05) is 167 Å². The van der Waals surface area contributed by atoms with Crippen molar-refractivity contribution in [3.8, 4) is 23.0 Å². The van der Waals surface area contributed by atoms with Gasteiger partial charge in [0.15, 0.2) is 0 Å². The van der Waals surface area contributed by atoms with E-state index in [-0.39, 0.29) is 35.4 Å². The molecule has 0 bridgehead atoms. The number of rotatable bonds is 10. The molecule has 8 aromatic carbocycles. The van der Waals surface area contributed by atoms with Crippen molar-refractivity contribution in [1.82, 2.24) is 9.34 Å². The number of nitrogens with zero attached hydrogens (tertiary/aromatic N) is 2. The van der Waals surface area contributed by atoms with Crippen LogP contribution in [-0.4, -0.2) is 34.8 Å². The van der Waals surface area contributed by atoms with E-state index in [1.165, 1.54) is 0 Å². The molecule has 0 amide bonds. The van der Waals surface area contributed by atoms with Gasteiger partial charge in [-0.2, -0.15) is 0 Å². The van der Waals surface area contributed by atoms with Gasteiger partial charge in [-0.25, -0.2) is 9.34 Å². The second-order valence-electron chi connectivity index (χ2n) is 16.4. The third-order valence-corrected chi connectivity index (χ3v) is 18.6. The Morgan fingerprint density at radius 2 is 0.833 bits per heavy atom. The highest BCUT2D eigenvalue weighted by atomic mass is 35.5. The summed E-state index contributed by atoms with van der Waals surface area (Å²) in [5.41, 5.74) is 5.89. The third kappa shape index (κ3) is 8.52. The maximum absolute atomic E-state index is 14.3. The van der Waals surface area contributed by atoms with Crippen molar-refractivity contribution in [3.05, 3.63) is 215 Å². The van der Waals surface area contributed by atoms with Gasteiger partial charge in [-0.15, -0.1) is 23.2 Å². The van der Waals surface area contributed by atoms with Crippen molar-refractivity contribution in [2.24, 2.45) is 0 Å². The van der Waals surface area contributed by atoms with E-state index in [0.717, 1.165) is 66.4 Å². The van der Waals surface area contributed by atoms with Crippen LogP contribution in [0.3, 0.4) is 0 Å². The van der Waals surface area contributed by atoms with E-state index in [1.54, 1.807) is 14.2 Å². The summed E-state index contributed by atoms with van der Waals surface area (Å²) in [7, 11) is -3.52. The zero-order chi connectivity index (χ0) is 46.0. The summed E-state index contributed by atoms with van der Waals surface area (Å²) in [6, 6.07) is 59.3. The summed E-state index contributed by atoms with van der Waals surface area (Å²) in [6.07, 6.45) is 0. The Labute approximate surface area is 396 Å². The minimum Gasteiger partial charge on any atom is -0.497 e. The lowest BCUT2D eigenvalue weighted by Crippen LogP contribution is -2.35. The van der Waals surface area contributed by atoms with Gasteiger partial charge in [0.2, 0.25) is 0 Å². The SMILES string of the molecule is COc1ccc([C@H]2c3c(ccc4ccccc34)O[P@@](=O)(CCl)N2[C@@H](C)c2ccccc2)cc1.COc1ccc([C@H]2c3c(ccc4ccccc34)O[P@@](=O)(CCl)N2[C@@H](C)c2ccccc2)cc1. The molecule has 0 saturated heterocycles. The zero-order valence-electron chi connectivity index (χ0n) is 37.0. The first-order chi connectivity index (χ1) is 32.1. The van der Waals surface area contributed by atoms with Gasteiger partial charge in [0.1, 0.15) is 34.2 Å². The molecule has 66 heavy (non-hydrogen) atoms. The monoisotopic (exact) mass is 954 g/mol. The van der Waals surface area contributed by atoms with Gasteiger partial charge >= 0.3 is 15.0 Å². The third-order valence-electron chi connectivity index (χ3n) is 12.6. The summed E-state index contributed by atoms with van der Waals surface area (Å²) in [4.78, 5) is 0. The molecule has 8 aromatic rings. The van der Waals surface area contributed by atoms with Crippen LogP contribution < -0.4 is 18.5 Å². The maximum atomic E-state index is 14.3. The molecule has 0 unspecified atom stereocenters. The Kier molecular flexibility index (Phi) is 13.4. The highest BCUT2D eigenvalue weighted by Gasteiger charge is 2.49. The number of methoxy groups -OCH3 is 2. The molecule has 0 aromatic heterocycles. The minimum atomic E-state index is -3.41. The molecule has 2 heterocycles. The first-order valence-corrected chi connectivity index (χ1v) is 26.4. The average Bonchev–Trinajstić information content (AvgIpc) is 3.38. The Morgan fingerprint density at radius 3 is 1.18 bits per heavy atom. The fourth-order valence-electron chi connectivity index (χ4n) is 9.42. The first kappa shape index (κ1) is 45.6. The molecule has 0 aliphatic carbocycles. The minimum absolute atomic E-state index is 0.108. The lowest BCUT2D eigenvalue weighted by atomic mass is 9.91. The van der Waals surface area contributed by atoms with Crippen LogP contribution >= 0.6 is 38.2 Å². The number of halogens is 2. The van der Waals surface area contributed by atoms with Crippen molar-refractivity contribution in [1.29, 1.82) is 0 Å². The normalized spacial score (nSPS) is 21.2. The lowest BCUT2D eigenvalue weighted by Gasteiger charge is -2.45. The Morgan fingerprint density at radius 1 is 0.485 bits per heavy atom. The molecular weight excluding hydrogens is 905 g/mol. The fourth-order valence-corrected chi connectivity index (χ4v) is 14.4. The smallest absolute Gasteiger partial charge is 0.335 e. The molecule has 2 aliphatic rings. The number of benzene rings is 8. The number of ether oxygens (including phenoxy) is 2. The summed E-state index contributed by atoms with van der Waals surface area (Å²) < 4.78 is 55.8. The lowest BCUT2D eigenvalue weighted by molar-refractivity contribution is 0.242. The van der Waals surface area contributed by atoms with Gasteiger partial charge in [0.05, 0.1) is 26.3 Å². The topological polar surface area (TPSA) is 77.5 Å². The van der Waals surface area contributed by atoms with Crippen LogP contribution in [0.4, 0.5) is 0 Å². The molecule has 8 nitrogen and oxygen atoms in total. The summed E-state index contributed by atoms with van der Waals surface area (Å²) in [6.45, 7) is 4.12. The van der Waals surface area contributed by atoms with Gasteiger partial charge in [0.25, 0.3) is 0 Å². The standard InChI is InChI=1S/2C27H25ClNO3P/c2*1-19(20-8-4-3-5-9-20)29-27(22-12-15-23(31-2)16-13-22)26-24-11-7-6-10-21(24)14-17-25(26)32-33(29,30)18-28/h2*3-17,19,27H,18H2,1-2H3/t2*19-,27-,33-/m00/s1. The summed E-state index contributed by atoms with van der Waals surface area (Å²) in [5.74, 6) is 2.78.